The van der Waals surface area contributed by atoms with Crippen molar-refractivity contribution in [2.24, 2.45) is 0 Å². The first kappa shape index (κ1) is 15.7. The van der Waals surface area contributed by atoms with E-state index < -0.39 is 15.8 Å². The molecule has 0 saturated heterocycles. The summed E-state index contributed by atoms with van der Waals surface area (Å²) in [5.41, 5.74) is 0.683. The fraction of sp³-hybridized carbons (Fsp3) is 0.286. The maximum absolute atomic E-state index is 14.1. The first-order chi connectivity index (χ1) is 9.95. The second-order valence-electron chi connectivity index (χ2n) is 4.64. The lowest BCUT2D eigenvalue weighted by atomic mass is 10.2. The molecule has 7 heteroatoms. The summed E-state index contributed by atoms with van der Waals surface area (Å²) in [4.78, 5) is -0.337. The predicted molar refractivity (Wildman–Crippen MR) is 76.5 cm³/mol. The van der Waals surface area contributed by atoms with Gasteiger partial charge in [0.1, 0.15) is 16.5 Å². The molecule has 0 saturated carbocycles. The number of nitrogens with one attached hydrogen (secondary N) is 1. The van der Waals surface area contributed by atoms with Crippen molar-refractivity contribution >= 4 is 10.0 Å². The number of furan rings is 1. The summed E-state index contributed by atoms with van der Waals surface area (Å²) in [6.07, 6.45) is 1.46. The fourth-order valence-electron chi connectivity index (χ4n) is 1.94. The largest absolute Gasteiger partial charge is 0.468 e. The summed E-state index contributed by atoms with van der Waals surface area (Å²) in [5.74, 6) is -0.262. The molecule has 0 aliphatic rings. The summed E-state index contributed by atoms with van der Waals surface area (Å²) in [5, 5.41) is 2.88. The van der Waals surface area contributed by atoms with Crippen LogP contribution in [0.2, 0.25) is 0 Å². The van der Waals surface area contributed by atoms with Gasteiger partial charge in [0.2, 0.25) is 10.0 Å². The van der Waals surface area contributed by atoms with E-state index in [0.29, 0.717) is 17.9 Å². The van der Waals surface area contributed by atoms with Gasteiger partial charge in [-0.3, -0.25) is 0 Å². The van der Waals surface area contributed by atoms with Crippen molar-refractivity contribution in [3.05, 3.63) is 53.7 Å². The third-order valence-electron chi connectivity index (χ3n) is 3.02. The molecule has 1 N–H and O–H groups in total. The Balaban J connectivity index is 2.26. The summed E-state index contributed by atoms with van der Waals surface area (Å²) < 4.78 is 45.0. The Morgan fingerprint density at radius 1 is 1.33 bits per heavy atom. The van der Waals surface area contributed by atoms with Gasteiger partial charge in [-0.2, -0.15) is 4.31 Å². The van der Waals surface area contributed by atoms with Crippen LogP contribution in [0.25, 0.3) is 0 Å². The molecule has 0 bridgehead atoms. The topological polar surface area (TPSA) is 62.6 Å². The summed E-state index contributed by atoms with van der Waals surface area (Å²) in [6.45, 7) is 0.520. The summed E-state index contributed by atoms with van der Waals surface area (Å²) in [6, 6.07) is 7.44. The van der Waals surface area contributed by atoms with Gasteiger partial charge in [-0.1, -0.05) is 6.07 Å². The van der Waals surface area contributed by atoms with Crippen LogP contribution in [0.4, 0.5) is 4.39 Å². The highest BCUT2D eigenvalue weighted by molar-refractivity contribution is 7.89. The Hall–Kier alpha value is -1.70. The normalized spacial score (nSPS) is 12.0. The van der Waals surface area contributed by atoms with E-state index in [1.54, 1.807) is 25.2 Å². The van der Waals surface area contributed by atoms with Crippen LogP contribution in [0, 0.1) is 5.82 Å². The number of nitrogens with zero attached hydrogens (tertiary/aromatic N) is 1. The van der Waals surface area contributed by atoms with Gasteiger partial charge in [0.25, 0.3) is 0 Å². The van der Waals surface area contributed by atoms with E-state index in [9.17, 15) is 12.8 Å². The molecule has 0 fully saturated rings. The predicted octanol–water partition coefficient (Wildman–Crippen LogP) is 1.96. The quantitative estimate of drug-likeness (QED) is 0.886. The van der Waals surface area contributed by atoms with Crippen molar-refractivity contribution in [2.75, 3.05) is 14.1 Å². The minimum Gasteiger partial charge on any atom is -0.468 e. The lowest BCUT2D eigenvalue weighted by molar-refractivity contribution is 0.404. The highest BCUT2D eigenvalue weighted by Crippen LogP contribution is 2.21. The van der Waals surface area contributed by atoms with Crippen LogP contribution in [0.3, 0.4) is 0 Å². The lowest BCUT2D eigenvalue weighted by Crippen LogP contribution is -2.27. The van der Waals surface area contributed by atoms with E-state index in [2.05, 4.69) is 5.32 Å². The fourth-order valence-corrected chi connectivity index (χ4v) is 3.12. The summed E-state index contributed by atoms with van der Waals surface area (Å²) in [7, 11) is -0.776. The third-order valence-corrected chi connectivity index (χ3v) is 4.86. The van der Waals surface area contributed by atoms with Crippen molar-refractivity contribution in [2.45, 2.75) is 18.0 Å². The zero-order valence-electron chi connectivity index (χ0n) is 11.8. The van der Waals surface area contributed by atoms with Gasteiger partial charge in [0.05, 0.1) is 12.8 Å². The molecule has 2 rings (SSSR count). The van der Waals surface area contributed by atoms with Crippen LogP contribution in [-0.4, -0.2) is 26.8 Å². The maximum atomic E-state index is 14.1. The number of benzene rings is 1. The average Bonchev–Trinajstić information content (AvgIpc) is 2.91. The van der Waals surface area contributed by atoms with Gasteiger partial charge >= 0.3 is 0 Å². The van der Waals surface area contributed by atoms with E-state index >= 15 is 0 Å². The van der Waals surface area contributed by atoms with Gasteiger partial charge in [-0.25, -0.2) is 12.8 Å². The lowest BCUT2D eigenvalue weighted by Gasteiger charge is -2.16. The Bertz CT molecular complexity index is 699. The molecule has 2 aromatic rings. The molecule has 1 aromatic heterocycles. The molecule has 0 aliphatic carbocycles. The molecule has 1 aromatic carbocycles. The number of hydrogen-bond acceptors (Lipinski definition) is 4. The number of hydrogen-bond donors (Lipinski definition) is 1. The molecular formula is C14H17FN2O3S. The highest BCUT2D eigenvalue weighted by Gasteiger charge is 2.25. The standard InChI is InChI=1S/C14H17FN2O3S/c1-16-9-11-5-6-14(13(15)8-11)21(18,19)17(2)10-12-4-3-7-20-12/h3-8,16H,9-10H2,1-2H3. The van der Waals surface area contributed by atoms with Crippen molar-refractivity contribution in [3.63, 3.8) is 0 Å². The molecule has 0 spiro atoms. The molecular weight excluding hydrogens is 295 g/mol. The number of halogens is 1. The van der Waals surface area contributed by atoms with Gasteiger partial charge in [-0.05, 0) is 36.9 Å². The first-order valence-corrected chi connectivity index (χ1v) is 7.81. The highest BCUT2D eigenvalue weighted by atomic mass is 32.2. The Labute approximate surface area is 123 Å². The molecule has 0 radical (unpaired) electrons. The van der Waals surface area contributed by atoms with Crippen molar-refractivity contribution in [3.8, 4) is 0 Å². The minimum atomic E-state index is -3.90. The van der Waals surface area contributed by atoms with E-state index in [-0.39, 0.29) is 11.4 Å². The average molecular weight is 312 g/mol. The Morgan fingerprint density at radius 2 is 2.10 bits per heavy atom. The second kappa shape index (κ2) is 6.38. The van der Waals surface area contributed by atoms with Crippen LogP contribution in [0.15, 0.2) is 45.9 Å². The Kier molecular flexibility index (Phi) is 4.76. The summed E-state index contributed by atoms with van der Waals surface area (Å²) >= 11 is 0. The van der Waals surface area contributed by atoms with Crippen molar-refractivity contribution in [1.29, 1.82) is 0 Å². The molecule has 0 amide bonds. The Morgan fingerprint density at radius 3 is 2.67 bits per heavy atom. The van der Waals surface area contributed by atoms with E-state index in [1.807, 2.05) is 0 Å². The van der Waals surface area contributed by atoms with E-state index in [4.69, 9.17) is 4.42 Å². The van der Waals surface area contributed by atoms with Crippen LogP contribution >= 0.6 is 0 Å². The van der Waals surface area contributed by atoms with Crippen molar-refractivity contribution in [1.82, 2.24) is 9.62 Å². The molecule has 21 heavy (non-hydrogen) atoms. The van der Waals surface area contributed by atoms with Crippen LogP contribution < -0.4 is 5.32 Å². The molecule has 0 atom stereocenters. The molecule has 0 unspecified atom stereocenters. The third kappa shape index (κ3) is 3.49. The van der Waals surface area contributed by atoms with Gasteiger partial charge in [0, 0.05) is 13.6 Å². The molecule has 0 aliphatic heterocycles. The zero-order valence-corrected chi connectivity index (χ0v) is 12.7. The van der Waals surface area contributed by atoms with Crippen molar-refractivity contribution < 1.29 is 17.2 Å². The monoisotopic (exact) mass is 312 g/mol. The number of sulfonamides is 1. The maximum Gasteiger partial charge on any atom is 0.246 e. The molecule has 114 valence electrons. The van der Waals surface area contributed by atoms with Crippen LogP contribution in [-0.2, 0) is 23.1 Å². The van der Waals surface area contributed by atoms with Crippen LogP contribution in [0.1, 0.15) is 11.3 Å². The SMILES string of the molecule is CNCc1ccc(S(=O)(=O)N(C)Cc2ccco2)c(F)c1. The smallest absolute Gasteiger partial charge is 0.246 e. The van der Waals surface area contributed by atoms with Crippen LogP contribution in [0.5, 0.6) is 0 Å². The van der Waals surface area contributed by atoms with Gasteiger partial charge < -0.3 is 9.73 Å². The number of rotatable bonds is 6. The van der Waals surface area contributed by atoms with Gasteiger partial charge in [0.15, 0.2) is 0 Å². The van der Waals surface area contributed by atoms with E-state index in [1.165, 1.54) is 25.4 Å². The zero-order chi connectivity index (χ0) is 15.5. The molecule has 5 nitrogen and oxygen atoms in total. The first-order valence-electron chi connectivity index (χ1n) is 6.37. The van der Waals surface area contributed by atoms with Gasteiger partial charge in [-0.15, -0.1) is 0 Å². The molecule has 1 heterocycles. The van der Waals surface area contributed by atoms with E-state index in [0.717, 1.165) is 4.31 Å². The minimum absolute atomic E-state index is 0.0487. The second-order valence-corrected chi connectivity index (χ2v) is 6.65.